The summed E-state index contributed by atoms with van der Waals surface area (Å²) >= 11 is 0. The fourth-order valence-electron chi connectivity index (χ4n) is 2.08. The highest BCUT2D eigenvalue weighted by atomic mass is 16.3. The Morgan fingerprint density at radius 3 is 2.00 bits per heavy atom. The Morgan fingerprint density at radius 1 is 1.07 bits per heavy atom. The van der Waals surface area contributed by atoms with Crippen LogP contribution in [0.3, 0.4) is 0 Å². The highest BCUT2D eigenvalue weighted by Crippen LogP contribution is 2.08. The van der Waals surface area contributed by atoms with Crippen LogP contribution >= 0.6 is 0 Å². The molecule has 0 aromatic heterocycles. The quantitative estimate of drug-likeness (QED) is 0.620. The lowest BCUT2D eigenvalue weighted by Gasteiger charge is -2.21. The van der Waals surface area contributed by atoms with Crippen LogP contribution in [0, 0.1) is 5.92 Å². The first-order valence-corrected chi connectivity index (χ1v) is 6.51. The topological polar surface area (TPSA) is 32.3 Å². The Labute approximate surface area is 95.5 Å². The van der Waals surface area contributed by atoms with E-state index in [4.69, 9.17) is 0 Å². The summed E-state index contributed by atoms with van der Waals surface area (Å²) in [5, 5.41) is 12.9. The molecule has 0 aromatic carbocycles. The standard InChI is InChI=1S/C13H29NO/c1-5-7-13(8-6-2)14-10-11(3)9-12(4)15/h11-15H,5-10H2,1-4H3. The molecule has 0 saturated carbocycles. The molecule has 0 spiro atoms. The fraction of sp³-hybridized carbons (Fsp3) is 1.00. The van der Waals surface area contributed by atoms with Gasteiger partial charge in [0.05, 0.1) is 6.10 Å². The minimum atomic E-state index is -0.169. The molecule has 0 aliphatic heterocycles. The minimum Gasteiger partial charge on any atom is -0.393 e. The maximum atomic E-state index is 9.27. The van der Waals surface area contributed by atoms with Crippen LogP contribution in [0.2, 0.25) is 0 Å². The second-order valence-electron chi connectivity index (χ2n) is 4.87. The van der Waals surface area contributed by atoms with Crippen molar-refractivity contribution in [2.45, 2.75) is 71.9 Å². The lowest BCUT2D eigenvalue weighted by molar-refractivity contribution is 0.162. The van der Waals surface area contributed by atoms with Gasteiger partial charge < -0.3 is 10.4 Å². The van der Waals surface area contributed by atoms with Crippen LogP contribution in [-0.2, 0) is 0 Å². The van der Waals surface area contributed by atoms with Crippen LogP contribution in [0.5, 0.6) is 0 Å². The first-order chi connectivity index (χ1) is 7.10. The van der Waals surface area contributed by atoms with Crippen LogP contribution in [0.15, 0.2) is 0 Å². The van der Waals surface area contributed by atoms with Crippen molar-refractivity contribution in [2.75, 3.05) is 6.54 Å². The third-order valence-corrected chi connectivity index (χ3v) is 2.77. The molecule has 0 radical (unpaired) electrons. The van der Waals surface area contributed by atoms with Crippen molar-refractivity contribution in [1.29, 1.82) is 0 Å². The van der Waals surface area contributed by atoms with Crippen molar-refractivity contribution in [3.8, 4) is 0 Å². The van der Waals surface area contributed by atoms with Gasteiger partial charge in [-0.2, -0.15) is 0 Å². The lowest BCUT2D eigenvalue weighted by Crippen LogP contribution is -2.33. The Morgan fingerprint density at radius 2 is 1.60 bits per heavy atom. The molecule has 2 atom stereocenters. The number of nitrogens with one attached hydrogen (secondary N) is 1. The molecule has 2 nitrogen and oxygen atoms in total. The van der Waals surface area contributed by atoms with Gasteiger partial charge in [-0.15, -0.1) is 0 Å². The van der Waals surface area contributed by atoms with E-state index in [2.05, 4.69) is 26.1 Å². The summed E-state index contributed by atoms with van der Waals surface area (Å²) in [6.45, 7) is 9.59. The largest absolute Gasteiger partial charge is 0.393 e. The number of rotatable bonds is 9. The van der Waals surface area contributed by atoms with Crippen LogP contribution in [0.25, 0.3) is 0 Å². The Kier molecular flexibility index (Phi) is 9.12. The molecule has 0 aliphatic rings. The molecule has 0 fully saturated rings. The van der Waals surface area contributed by atoms with E-state index in [1.54, 1.807) is 0 Å². The van der Waals surface area contributed by atoms with E-state index in [-0.39, 0.29) is 6.10 Å². The van der Waals surface area contributed by atoms with E-state index < -0.39 is 0 Å². The van der Waals surface area contributed by atoms with Crippen LogP contribution < -0.4 is 5.32 Å². The summed E-state index contributed by atoms with van der Waals surface area (Å²) in [4.78, 5) is 0. The number of hydrogen-bond donors (Lipinski definition) is 2. The summed E-state index contributed by atoms with van der Waals surface area (Å²) in [6, 6.07) is 0.677. The lowest BCUT2D eigenvalue weighted by atomic mass is 10.0. The molecule has 92 valence electrons. The molecule has 0 amide bonds. The zero-order chi connectivity index (χ0) is 11.7. The summed E-state index contributed by atoms with van der Waals surface area (Å²) in [5.74, 6) is 0.571. The normalized spacial score (nSPS) is 15.6. The van der Waals surface area contributed by atoms with Gasteiger partial charge in [0.25, 0.3) is 0 Å². The van der Waals surface area contributed by atoms with E-state index in [1.807, 2.05) is 6.92 Å². The highest BCUT2D eigenvalue weighted by Gasteiger charge is 2.10. The molecular formula is C13H29NO. The van der Waals surface area contributed by atoms with E-state index in [9.17, 15) is 5.11 Å². The predicted octanol–water partition coefficient (Wildman–Crippen LogP) is 2.95. The number of aliphatic hydroxyl groups excluding tert-OH is 1. The zero-order valence-electron chi connectivity index (χ0n) is 10.9. The molecule has 2 N–H and O–H groups in total. The first kappa shape index (κ1) is 14.9. The average Bonchev–Trinajstić information content (AvgIpc) is 2.14. The maximum absolute atomic E-state index is 9.27. The van der Waals surface area contributed by atoms with E-state index >= 15 is 0 Å². The molecule has 15 heavy (non-hydrogen) atoms. The second kappa shape index (κ2) is 9.17. The van der Waals surface area contributed by atoms with Gasteiger partial charge in [-0.05, 0) is 38.6 Å². The summed E-state index contributed by atoms with van der Waals surface area (Å²) in [6.07, 6.45) is 5.78. The Bertz CT molecular complexity index is 130. The van der Waals surface area contributed by atoms with Crippen molar-refractivity contribution < 1.29 is 5.11 Å². The van der Waals surface area contributed by atoms with Gasteiger partial charge in [-0.3, -0.25) is 0 Å². The van der Waals surface area contributed by atoms with Gasteiger partial charge in [0, 0.05) is 6.04 Å². The highest BCUT2D eigenvalue weighted by molar-refractivity contribution is 4.68. The van der Waals surface area contributed by atoms with Crippen LogP contribution in [0.4, 0.5) is 0 Å². The van der Waals surface area contributed by atoms with Crippen molar-refractivity contribution >= 4 is 0 Å². The molecule has 0 aromatic rings. The fourth-order valence-corrected chi connectivity index (χ4v) is 2.08. The Hall–Kier alpha value is -0.0800. The van der Waals surface area contributed by atoms with Crippen molar-refractivity contribution in [3.63, 3.8) is 0 Å². The maximum Gasteiger partial charge on any atom is 0.0515 e. The molecule has 0 saturated heterocycles. The van der Waals surface area contributed by atoms with Gasteiger partial charge >= 0.3 is 0 Å². The molecule has 0 aliphatic carbocycles. The van der Waals surface area contributed by atoms with E-state index in [0.717, 1.165) is 13.0 Å². The Balaban J connectivity index is 3.67. The molecule has 0 rings (SSSR count). The van der Waals surface area contributed by atoms with E-state index in [0.29, 0.717) is 12.0 Å². The van der Waals surface area contributed by atoms with Gasteiger partial charge in [-0.1, -0.05) is 33.6 Å². The van der Waals surface area contributed by atoms with Crippen LogP contribution in [0.1, 0.15) is 59.8 Å². The monoisotopic (exact) mass is 215 g/mol. The minimum absolute atomic E-state index is 0.169. The third kappa shape index (κ3) is 8.88. The predicted molar refractivity (Wildman–Crippen MR) is 67.1 cm³/mol. The summed E-state index contributed by atoms with van der Waals surface area (Å²) in [7, 11) is 0. The molecule has 2 unspecified atom stereocenters. The molecule has 0 heterocycles. The van der Waals surface area contributed by atoms with Gasteiger partial charge in [0.1, 0.15) is 0 Å². The second-order valence-corrected chi connectivity index (χ2v) is 4.87. The van der Waals surface area contributed by atoms with Crippen LogP contribution in [-0.4, -0.2) is 23.8 Å². The number of hydrogen-bond acceptors (Lipinski definition) is 2. The van der Waals surface area contributed by atoms with Crippen molar-refractivity contribution in [2.24, 2.45) is 5.92 Å². The van der Waals surface area contributed by atoms with Crippen molar-refractivity contribution in [3.05, 3.63) is 0 Å². The molecule has 0 bridgehead atoms. The van der Waals surface area contributed by atoms with Gasteiger partial charge in [-0.25, -0.2) is 0 Å². The SMILES string of the molecule is CCCC(CCC)NCC(C)CC(C)O. The zero-order valence-corrected chi connectivity index (χ0v) is 10.9. The number of aliphatic hydroxyl groups is 1. The summed E-state index contributed by atoms with van der Waals surface area (Å²) < 4.78 is 0. The van der Waals surface area contributed by atoms with E-state index in [1.165, 1.54) is 25.7 Å². The molecule has 2 heteroatoms. The van der Waals surface area contributed by atoms with Gasteiger partial charge in [0.2, 0.25) is 0 Å². The first-order valence-electron chi connectivity index (χ1n) is 6.51. The van der Waals surface area contributed by atoms with Crippen molar-refractivity contribution in [1.82, 2.24) is 5.32 Å². The average molecular weight is 215 g/mol. The third-order valence-electron chi connectivity index (χ3n) is 2.77. The van der Waals surface area contributed by atoms with Gasteiger partial charge in [0.15, 0.2) is 0 Å². The molecular weight excluding hydrogens is 186 g/mol. The smallest absolute Gasteiger partial charge is 0.0515 e. The summed E-state index contributed by atoms with van der Waals surface area (Å²) in [5.41, 5.74) is 0.